The molecule has 92 valence electrons. The quantitative estimate of drug-likeness (QED) is 0.816. The zero-order valence-corrected chi connectivity index (χ0v) is 11.1. The SMILES string of the molecule is CN1[C@@H]2CC[C@H]1C[C@H](Sc1cccc(N)c1)C2. The molecule has 0 aromatic heterocycles. The van der Waals surface area contributed by atoms with Crippen LogP contribution in [-0.2, 0) is 0 Å². The highest BCUT2D eigenvalue weighted by Gasteiger charge is 2.38. The summed E-state index contributed by atoms with van der Waals surface area (Å²) in [5.74, 6) is 0. The van der Waals surface area contributed by atoms with E-state index in [0.29, 0.717) is 0 Å². The van der Waals surface area contributed by atoms with Crippen LogP contribution in [0.5, 0.6) is 0 Å². The summed E-state index contributed by atoms with van der Waals surface area (Å²) in [6.45, 7) is 0. The highest BCUT2D eigenvalue weighted by molar-refractivity contribution is 8.00. The molecule has 2 N–H and O–H groups in total. The maximum atomic E-state index is 5.83. The lowest BCUT2D eigenvalue weighted by Gasteiger charge is -2.36. The molecule has 3 atom stereocenters. The van der Waals surface area contributed by atoms with Crippen LogP contribution in [0, 0.1) is 0 Å². The molecule has 0 saturated carbocycles. The molecule has 0 aliphatic carbocycles. The summed E-state index contributed by atoms with van der Waals surface area (Å²) in [6.07, 6.45) is 5.48. The van der Waals surface area contributed by atoms with Crippen molar-refractivity contribution in [1.29, 1.82) is 0 Å². The third kappa shape index (κ3) is 2.31. The number of rotatable bonds is 2. The molecule has 3 rings (SSSR count). The van der Waals surface area contributed by atoms with Gasteiger partial charge in [-0.1, -0.05) is 6.07 Å². The zero-order chi connectivity index (χ0) is 11.8. The van der Waals surface area contributed by atoms with Gasteiger partial charge >= 0.3 is 0 Å². The molecule has 2 fully saturated rings. The number of nitrogens with two attached hydrogens (primary N) is 1. The average Bonchev–Trinajstić information content (AvgIpc) is 2.52. The molecule has 3 heteroatoms. The van der Waals surface area contributed by atoms with Crippen molar-refractivity contribution in [2.75, 3.05) is 12.8 Å². The molecule has 0 unspecified atom stereocenters. The van der Waals surface area contributed by atoms with Gasteiger partial charge in [0.2, 0.25) is 0 Å². The molecule has 1 aromatic rings. The summed E-state index contributed by atoms with van der Waals surface area (Å²) in [6, 6.07) is 9.95. The molecule has 0 spiro atoms. The summed E-state index contributed by atoms with van der Waals surface area (Å²) < 4.78 is 0. The van der Waals surface area contributed by atoms with E-state index in [4.69, 9.17) is 5.73 Å². The molecule has 2 aliphatic rings. The molecular formula is C14H20N2S. The molecule has 17 heavy (non-hydrogen) atoms. The summed E-state index contributed by atoms with van der Waals surface area (Å²) >= 11 is 2.02. The van der Waals surface area contributed by atoms with Crippen molar-refractivity contribution in [3.05, 3.63) is 24.3 Å². The number of hydrogen-bond donors (Lipinski definition) is 1. The van der Waals surface area contributed by atoms with E-state index in [2.05, 4.69) is 30.1 Å². The second-order valence-electron chi connectivity index (χ2n) is 5.33. The van der Waals surface area contributed by atoms with E-state index >= 15 is 0 Å². The first-order chi connectivity index (χ1) is 8.22. The van der Waals surface area contributed by atoms with Crippen molar-refractivity contribution < 1.29 is 0 Å². The first-order valence-electron chi connectivity index (χ1n) is 6.46. The Morgan fingerprint density at radius 1 is 1.24 bits per heavy atom. The molecule has 0 amide bonds. The van der Waals surface area contributed by atoms with E-state index in [0.717, 1.165) is 23.0 Å². The second-order valence-corrected chi connectivity index (χ2v) is 6.71. The Balaban J connectivity index is 1.67. The van der Waals surface area contributed by atoms with Crippen LogP contribution in [0.2, 0.25) is 0 Å². The Kier molecular flexibility index (Phi) is 3.05. The predicted octanol–water partition coefficient (Wildman–Crippen LogP) is 2.99. The van der Waals surface area contributed by atoms with Crippen molar-refractivity contribution >= 4 is 17.4 Å². The molecular weight excluding hydrogens is 228 g/mol. The van der Waals surface area contributed by atoms with Crippen molar-refractivity contribution in [1.82, 2.24) is 4.90 Å². The number of hydrogen-bond acceptors (Lipinski definition) is 3. The average molecular weight is 248 g/mol. The van der Waals surface area contributed by atoms with Crippen molar-refractivity contribution in [2.45, 2.75) is 47.9 Å². The number of nitrogen functional groups attached to an aromatic ring is 1. The summed E-state index contributed by atoms with van der Waals surface area (Å²) in [7, 11) is 2.30. The van der Waals surface area contributed by atoms with Gasteiger partial charge < -0.3 is 10.6 Å². The number of piperidine rings is 1. The van der Waals surface area contributed by atoms with Gasteiger partial charge in [-0.05, 0) is 50.9 Å². The van der Waals surface area contributed by atoms with E-state index in [1.807, 2.05) is 17.8 Å². The minimum Gasteiger partial charge on any atom is -0.399 e. The lowest BCUT2D eigenvalue weighted by Crippen LogP contribution is -2.40. The van der Waals surface area contributed by atoms with Gasteiger partial charge in [0.1, 0.15) is 0 Å². The Morgan fingerprint density at radius 3 is 2.59 bits per heavy atom. The summed E-state index contributed by atoms with van der Waals surface area (Å²) in [5.41, 5.74) is 6.71. The first kappa shape index (κ1) is 11.4. The van der Waals surface area contributed by atoms with E-state index in [1.54, 1.807) is 0 Å². The second kappa shape index (κ2) is 4.54. The Bertz CT molecular complexity index is 393. The summed E-state index contributed by atoms with van der Waals surface area (Å²) in [5, 5.41) is 0.783. The van der Waals surface area contributed by atoms with Crippen LogP contribution in [0.3, 0.4) is 0 Å². The van der Waals surface area contributed by atoms with Crippen LogP contribution < -0.4 is 5.73 Å². The largest absolute Gasteiger partial charge is 0.399 e. The maximum Gasteiger partial charge on any atom is 0.0325 e. The molecule has 1 aromatic carbocycles. The number of anilines is 1. The third-order valence-corrected chi connectivity index (χ3v) is 5.46. The number of fused-ring (bicyclic) bond motifs is 2. The molecule has 2 saturated heterocycles. The fourth-order valence-corrected chi connectivity index (χ4v) is 4.62. The third-order valence-electron chi connectivity index (χ3n) is 4.22. The van der Waals surface area contributed by atoms with Crippen molar-refractivity contribution in [2.24, 2.45) is 0 Å². The lowest BCUT2D eigenvalue weighted by molar-refractivity contribution is 0.183. The zero-order valence-electron chi connectivity index (χ0n) is 10.3. The van der Waals surface area contributed by atoms with Crippen LogP contribution in [-0.4, -0.2) is 29.3 Å². The van der Waals surface area contributed by atoms with Crippen LogP contribution in [0.4, 0.5) is 5.69 Å². The van der Waals surface area contributed by atoms with Crippen molar-refractivity contribution in [3.8, 4) is 0 Å². The smallest absolute Gasteiger partial charge is 0.0325 e. The molecule has 0 radical (unpaired) electrons. The van der Waals surface area contributed by atoms with Crippen LogP contribution in [0.1, 0.15) is 25.7 Å². The minimum atomic E-state index is 0.783. The standard InChI is InChI=1S/C14H20N2S/c1-16-11-5-6-12(16)9-14(8-11)17-13-4-2-3-10(15)7-13/h2-4,7,11-12,14H,5-6,8-9,15H2,1H3/t11-,12+,14-. The van der Waals surface area contributed by atoms with E-state index in [9.17, 15) is 0 Å². The summed E-state index contributed by atoms with van der Waals surface area (Å²) in [4.78, 5) is 3.93. The first-order valence-corrected chi connectivity index (χ1v) is 7.34. The topological polar surface area (TPSA) is 29.3 Å². The monoisotopic (exact) mass is 248 g/mol. The van der Waals surface area contributed by atoms with E-state index in [1.165, 1.54) is 30.6 Å². The predicted molar refractivity (Wildman–Crippen MR) is 74.3 cm³/mol. The van der Waals surface area contributed by atoms with Gasteiger partial charge in [-0.25, -0.2) is 0 Å². The van der Waals surface area contributed by atoms with Gasteiger partial charge in [-0.3, -0.25) is 0 Å². The van der Waals surface area contributed by atoms with Gasteiger partial charge in [-0.15, -0.1) is 11.8 Å². The van der Waals surface area contributed by atoms with Gasteiger partial charge in [0.15, 0.2) is 0 Å². The van der Waals surface area contributed by atoms with Crippen LogP contribution >= 0.6 is 11.8 Å². The molecule has 2 heterocycles. The van der Waals surface area contributed by atoms with E-state index in [-0.39, 0.29) is 0 Å². The fourth-order valence-electron chi connectivity index (χ4n) is 3.24. The van der Waals surface area contributed by atoms with E-state index < -0.39 is 0 Å². The van der Waals surface area contributed by atoms with Crippen molar-refractivity contribution in [3.63, 3.8) is 0 Å². The van der Waals surface area contributed by atoms with Crippen LogP contribution in [0.15, 0.2) is 29.2 Å². The Labute approximate surface area is 108 Å². The van der Waals surface area contributed by atoms with Gasteiger partial charge in [0.05, 0.1) is 0 Å². The molecule has 2 bridgehead atoms. The van der Waals surface area contributed by atoms with Crippen LogP contribution in [0.25, 0.3) is 0 Å². The number of thioether (sulfide) groups is 1. The highest BCUT2D eigenvalue weighted by Crippen LogP contribution is 2.41. The number of benzene rings is 1. The van der Waals surface area contributed by atoms with Gasteiger partial charge in [0, 0.05) is 27.9 Å². The fraction of sp³-hybridized carbons (Fsp3) is 0.571. The Hall–Kier alpha value is -0.670. The molecule has 2 nitrogen and oxygen atoms in total. The Morgan fingerprint density at radius 2 is 1.94 bits per heavy atom. The maximum absolute atomic E-state index is 5.83. The minimum absolute atomic E-state index is 0.783. The molecule has 2 aliphatic heterocycles. The lowest BCUT2D eigenvalue weighted by atomic mass is 10.0. The van der Waals surface area contributed by atoms with Gasteiger partial charge in [0.25, 0.3) is 0 Å². The van der Waals surface area contributed by atoms with Gasteiger partial charge in [-0.2, -0.15) is 0 Å². The normalized spacial score (nSPS) is 32.9. The highest BCUT2D eigenvalue weighted by atomic mass is 32.2. The number of nitrogens with zero attached hydrogens (tertiary/aromatic N) is 1.